The van der Waals surface area contributed by atoms with Crippen LogP contribution in [0, 0.1) is 0 Å². The quantitative estimate of drug-likeness (QED) is 0.613. The predicted molar refractivity (Wildman–Crippen MR) is 134 cm³/mol. The molecule has 0 radical (unpaired) electrons. The van der Waals surface area contributed by atoms with Crippen LogP contribution in [0.3, 0.4) is 0 Å². The van der Waals surface area contributed by atoms with Crippen molar-refractivity contribution < 1.29 is 9.31 Å². The normalized spacial score (nSPS) is 21.2. The van der Waals surface area contributed by atoms with Gasteiger partial charge in [0.05, 0.1) is 11.2 Å². The van der Waals surface area contributed by atoms with E-state index in [0.29, 0.717) is 0 Å². The van der Waals surface area contributed by atoms with Crippen LogP contribution in [0.5, 0.6) is 0 Å². The Morgan fingerprint density at radius 3 is 1.88 bits per heavy atom. The lowest BCUT2D eigenvalue weighted by Gasteiger charge is -2.32. The van der Waals surface area contributed by atoms with E-state index in [1.54, 1.807) is 0 Å². The van der Waals surface area contributed by atoms with Gasteiger partial charge in [0.25, 0.3) is 0 Å². The number of nitrogens with zero attached hydrogens (tertiary/aromatic N) is 2. The summed E-state index contributed by atoms with van der Waals surface area (Å²) < 4.78 is 12.5. The van der Waals surface area contributed by atoms with Crippen molar-refractivity contribution in [1.82, 2.24) is 5.32 Å². The second-order valence-electron chi connectivity index (χ2n) is 9.44. The lowest BCUT2D eigenvalue weighted by atomic mass is 9.78. The molecule has 3 aromatic rings. The Morgan fingerprint density at radius 1 is 0.697 bits per heavy atom. The van der Waals surface area contributed by atoms with Crippen molar-refractivity contribution in [1.29, 1.82) is 0 Å². The van der Waals surface area contributed by atoms with Crippen molar-refractivity contribution >= 4 is 24.3 Å². The number of nitrogens with one attached hydrogen (secondary N) is 1. The summed E-state index contributed by atoms with van der Waals surface area (Å²) >= 11 is 0. The molecule has 0 saturated carbocycles. The average molecular weight is 437 g/mol. The first-order chi connectivity index (χ1) is 15.8. The van der Waals surface area contributed by atoms with Crippen LogP contribution < -0.4 is 10.8 Å². The van der Waals surface area contributed by atoms with Crippen LogP contribution in [0.4, 0.5) is 0 Å². The highest BCUT2D eigenvalue weighted by Gasteiger charge is 2.51. The predicted octanol–water partition coefficient (Wildman–Crippen LogP) is 4.48. The van der Waals surface area contributed by atoms with E-state index in [4.69, 9.17) is 19.3 Å². The zero-order chi connectivity index (χ0) is 23.1. The Labute approximate surface area is 195 Å². The van der Waals surface area contributed by atoms with E-state index in [1.807, 2.05) is 48.5 Å². The van der Waals surface area contributed by atoms with Crippen LogP contribution in [0.15, 0.2) is 94.9 Å². The van der Waals surface area contributed by atoms with Gasteiger partial charge in [-0.15, -0.1) is 0 Å². The molecule has 1 unspecified atom stereocenters. The molecule has 0 amide bonds. The van der Waals surface area contributed by atoms with Crippen molar-refractivity contribution in [3.63, 3.8) is 0 Å². The number of rotatable bonds is 4. The van der Waals surface area contributed by atoms with Crippen LogP contribution in [0.2, 0.25) is 0 Å². The molecule has 6 heteroatoms. The Balaban J connectivity index is 1.51. The molecular weight excluding hydrogens is 409 g/mol. The van der Waals surface area contributed by atoms with Gasteiger partial charge in [-0.05, 0) is 38.7 Å². The maximum atomic E-state index is 6.27. The lowest BCUT2D eigenvalue weighted by Crippen LogP contribution is -2.41. The van der Waals surface area contributed by atoms with Gasteiger partial charge in [0.15, 0.2) is 6.17 Å². The standard InChI is InChI=1S/C27H28BN3O2/c1-26(2)27(3,4)33-28(32-26)22-17-11-16-21(18-22)25-30-23(19-12-7-5-8-13-19)29-24(31-25)20-14-9-6-10-15-20/h5-18,23H,1-4H3,(H,29,30,31). The maximum Gasteiger partial charge on any atom is 0.494 e. The second-order valence-corrected chi connectivity index (χ2v) is 9.44. The summed E-state index contributed by atoms with van der Waals surface area (Å²) in [6.07, 6.45) is -0.321. The van der Waals surface area contributed by atoms with Crippen molar-refractivity contribution in [2.75, 3.05) is 0 Å². The molecular formula is C27H28BN3O2. The van der Waals surface area contributed by atoms with Crippen molar-refractivity contribution in [2.45, 2.75) is 45.1 Å². The summed E-state index contributed by atoms with van der Waals surface area (Å²) in [7, 11) is -0.425. The van der Waals surface area contributed by atoms with Gasteiger partial charge in [0.1, 0.15) is 11.7 Å². The van der Waals surface area contributed by atoms with Crippen LogP contribution in [0.1, 0.15) is 50.6 Å². The molecule has 166 valence electrons. The van der Waals surface area contributed by atoms with Gasteiger partial charge in [-0.25, -0.2) is 9.98 Å². The third kappa shape index (κ3) is 4.24. The van der Waals surface area contributed by atoms with Crippen LogP contribution in [-0.2, 0) is 9.31 Å². The highest BCUT2D eigenvalue weighted by molar-refractivity contribution is 6.62. The Kier molecular flexibility index (Phi) is 5.43. The first-order valence-corrected chi connectivity index (χ1v) is 11.3. The monoisotopic (exact) mass is 437 g/mol. The Bertz CT molecular complexity index is 1190. The van der Waals surface area contributed by atoms with Gasteiger partial charge in [-0.1, -0.05) is 84.9 Å². The molecule has 1 fully saturated rings. The number of hydrogen-bond donors (Lipinski definition) is 1. The molecule has 0 aliphatic carbocycles. The maximum absolute atomic E-state index is 6.27. The summed E-state index contributed by atoms with van der Waals surface area (Å²) in [6, 6.07) is 28.5. The highest BCUT2D eigenvalue weighted by Crippen LogP contribution is 2.36. The van der Waals surface area contributed by atoms with Gasteiger partial charge in [0.2, 0.25) is 0 Å². The molecule has 0 spiro atoms. The number of amidine groups is 2. The van der Waals surface area contributed by atoms with Gasteiger partial charge in [-0.2, -0.15) is 0 Å². The summed E-state index contributed by atoms with van der Waals surface area (Å²) in [5.41, 5.74) is 3.22. The molecule has 2 heterocycles. The summed E-state index contributed by atoms with van der Waals surface area (Å²) in [5.74, 6) is 1.58. The molecule has 5 rings (SSSR count). The molecule has 5 nitrogen and oxygen atoms in total. The van der Waals surface area contributed by atoms with Crippen molar-refractivity contribution in [2.24, 2.45) is 9.98 Å². The first kappa shape index (κ1) is 21.6. The zero-order valence-corrected chi connectivity index (χ0v) is 19.4. The number of hydrogen-bond acceptors (Lipinski definition) is 5. The van der Waals surface area contributed by atoms with E-state index in [0.717, 1.165) is 33.8 Å². The van der Waals surface area contributed by atoms with Crippen molar-refractivity contribution in [3.05, 3.63) is 102 Å². The van der Waals surface area contributed by atoms with E-state index in [9.17, 15) is 0 Å². The number of benzene rings is 3. The molecule has 33 heavy (non-hydrogen) atoms. The van der Waals surface area contributed by atoms with Crippen LogP contribution >= 0.6 is 0 Å². The number of aliphatic imine (C=N–C) groups is 2. The Morgan fingerprint density at radius 2 is 1.24 bits per heavy atom. The fraction of sp³-hybridized carbons (Fsp3) is 0.259. The van der Waals surface area contributed by atoms with Gasteiger partial charge in [-0.3, -0.25) is 0 Å². The molecule has 3 aromatic carbocycles. The van der Waals surface area contributed by atoms with E-state index < -0.39 is 7.12 Å². The van der Waals surface area contributed by atoms with E-state index in [2.05, 4.69) is 69.4 Å². The van der Waals surface area contributed by atoms with Crippen LogP contribution in [0.25, 0.3) is 0 Å². The first-order valence-electron chi connectivity index (χ1n) is 11.3. The smallest absolute Gasteiger partial charge is 0.399 e. The minimum Gasteiger partial charge on any atom is -0.399 e. The molecule has 1 N–H and O–H groups in total. The topological polar surface area (TPSA) is 55.2 Å². The van der Waals surface area contributed by atoms with Gasteiger partial charge >= 0.3 is 7.12 Å². The third-order valence-corrected chi connectivity index (χ3v) is 6.57. The average Bonchev–Trinajstić information content (AvgIpc) is 3.07. The summed E-state index contributed by atoms with van der Waals surface area (Å²) in [6.45, 7) is 8.26. The van der Waals surface area contributed by atoms with E-state index in [-0.39, 0.29) is 17.4 Å². The second kappa shape index (κ2) is 8.29. The fourth-order valence-electron chi connectivity index (χ4n) is 3.93. The van der Waals surface area contributed by atoms with Gasteiger partial charge < -0.3 is 14.6 Å². The van der Waals surface area contributed by atoms with Crippen LogP contribution in [-0.4, -0.2) is 30.0 Å². The largest absolute Gasteiger partial charge is 0.494 e. The minimum atomic E-state index is -0.425. The SMILES string of the molecule is CC1(C)OB(c2cccc(C3=NC(c4ccccc4)N=C(c4ccccc4)N3)c2)OC1(C)C. The fourth-order valence-corrected chi connectivity index (χ4v) is 3.93. The molecule has 1 atom stereocenters. The summed E-state index contributed by atoms with van der Waals surface area (Å²) in [5, 5.41) is 3.45. The zero-order valence-electron chi connectivity index (χ0n) is 19.4. The Hall–Kier alpha value is -3.22. The molecule has 2 aliphatic heterocycles. The summed E-state index contributed by atoms with van der Waals surface area (Å²) in [4.78, 5) is 9.86. The molecule has 1 saturated heterocycles. The minimum absolute atomic E-state index is 0.321. The van der Waals surface area contributed by atoms with Gasteiger partial charge in [0, 0.05) is 11.1 Å². The van der Waals surface area contributed by atoms with E-state index >= 15 is 0 Å². The van der Waals surface area contributed by atoms with Crippen molar-refractivity contribution in [3.8, 4) is 0 Å². The molecule has 2 aliphatic rings. The van der Waals surface area contributed by atoms with E-state index in [1.165, 1.54) is 0 Å². The lowest BCUT2D eigenvalue weighted by molar-refractivity contribution is 0.00578. The molecule has 0 bridgehead atoms. The molecule has 0 aromatic heterocycles. The highest BCUT2D eigenvalue weighted by atomic mass is 16.7. The third-order valence-electron chi connectivity index (χ3n) is 6.57.